The van der Waals surface area contributed by atoms with E-state index >= 15 is 0 Å². The fourth-order valence-electron chi connectivity index (χ4n) is 1.83. The van der Waals surface area contributed by atoms with Gasteiger partial charge in [-0.2, -0.15) is 0 Å². The predicted octanol–water partition coefficient (Wildman–Crippen LogP) is -0.312. The summed E-state index contributed by atoms with van der Waals surface area (Å²) >= 11 is 0. The van der Waals surface area contributed by atoms with Crippen molar-refractivity contribution in [3.05, 3.63) is 0 Å². The number of nitrogens with zero attached hydrogens (tertiary/aromatic N) is 1. The Balaban J connectivity index is 2.13. The molecule has 0 aromatic carbocycles. The second-order valence-corrected chi connectivity index (χ2v) is 4.16. The van der Waals surface area contributed by atoms with E-state index < -0.39 is 5.97 Å². The molecule has 1 saturated heterocycles. The molecule has 98 valence electrons. The van der Waals surface area contributed by atoms with E-state index in [9.17, 15) is 9.59 Å². The van der Waals surface area contributed by atoms with E-state index in [-0.39, 0.29) is 25.0 Å². The number of likely N-dealkylation sites (tertiary alicyclic amines) is 1. The smallest absolute Gasteiger partial charge is 0.305 e. The molecule has 1 amide bonds. The Labute approximate surface area is 101 Å². The van der Waals surface area contributed by atoms with E-state index in [1.165, 1.54) is 0 Å². The number of carboxylic acid groups (broad SMARTS) is 1. The van der Waals surface area contributed by atoms with E-state index in [0.29, 0.717) is 6.54 Å². The van der Waals surface area contributed by atoms with Crippen molar-refractivity contribution in [1.29, 1.82) is 0 Å². The summed E-state index contributed by atoms with van der Waals surface area (Å²) < 4.78 is 5.47. The highest BCUT2D eigenvalue weighted by Gasteiger charge is 2.20. The van der Waals surface area contributed by atoms with Crippen LogP contribution in [0, 0.1) is 0 Å². The van der Waals surface area contributed by atoms with Crippen molar-refractivity contribution in [3.63, 3.8) is 0 Å². The van der Waals surface area contributed by atoms with Gasteiger partial charge >= 0.3 is 5.97 Å². The first kappa shape index (κ1) is 13.9. The molecule has 17 heavy (non-hydrogen) atoms. The first-order valence-electron chi connectivity index (χ1n) is 5.88. The second-order valence-electron chi connectivity index (χ2n) is 4.16. The number of carboxylic acids is 1. The SMILES string of the molecule is CNC(=O)CN1CCC(OCCC(=O)O)CC1. The zero-order valence-electron chi connectivity index (χ0n) is 10.1. The van der Waals surface area contributed by atoms with Crippen molar-refractivity contribution in [2.75, 3.05) is 33.3 Å². The van der Waals surface area contributed by atoms with Crippen LogP contribution in [-0.2, 0) is 14.3 Å². The van der Waals surface area contributed by atoms with E-state index in [4.69, 9.17) is 9.84 Å². The van der Waals surface area contributed by atoms with Crippen LogP contribution in [0.5, 0.6) is 0 Å². The minimum Gasteiger partial charge on any atom is -0.481 e. The van der Waals surface area contributed by atoms with Gasteiger partial charge in [0, 0.05) is 20.1 Å². The van der Waals surface area contributed by atoms with Crippen LogP contribution < -0.4 is 5.32 Å². The summed E-state index contributed by atoms with van der Waals surface area (Å²) in [6.45, 7) is 2.35. The fourth-order valence-corrected chi connectivity index (χ4v) is 1.83. The number of ether oxygens (including phenoxy) is 1. The summed E-state index contributed by atoms with van der Waals surface area (Å²) in [4.78, 5) is 23.6. The summed E-state index contributed by atoms with van der Waals surface area (Å²) in [5.41, 5.74) is 0. The molecular formula is C11H20N2O4. The Morgan fingerprint density at radius 2 is 2.06 bits per heavy atom. The average molecular weight is 244 g/mol. The normalized spacial score (nSPS) is 17.9. The molecule has 1 fully saturated rings. The number of amides is 1. The number of nitrogens with one attached hydrogen (secondary N) is 1. The zero-order valence-corrected chi connectivity index (χ0v) is 10.1. The van der Waals surface area contributed by atoms with Crippen LogP contribution >= 0.6 is 0 Å². The van der Waals surface area contributed by atoms with Crippen molar-refractivity contribution >= 4 is 11.9 Å². The summed E-state index contributed by atoms with van der Waals surface area (Å²) in [5, 5.41) is 11.1. The molecule has 0 radical (unpaired) electrons. The quantitative estimate of drug-likeness (QED) is 0.670. The molecule has 6 heteroatoms. The van der Waals surface area contributed by atoms with Gasteiger partial charge in [0.2, 0.25) is 5.91 Å². The van der Waals surface area contributed by atoms with Crippen LogP contribution in [-0.4, -0.2) is 61.3 Å². The molecule has 1 aliphatic rings. The number of carbonyl (C=O) groups is 2. The van der Waals surface area contributed by atoms with Gasteiger partial charge in [-0.15, -0.1) is 0 Å². The van der Waals surface area contributed by atoms with Crippen molar-refractivity contribution in [3.8, 4) is 0 Å². The lowest BCUT2D eigenvalue weighted by atomic mass is 10.1. The molecule has 1 aliphatic heterocycles. The van der Waals surface area contributed by atoms with Gasteiger partial charge in [0.25, 0.3) is 0 Å². The van der Waals surface area contributed by atoms with Gasteiger partial charge in [-0.1, -0.05) is 0 Å². The highest BCUT2D eigenvalue weighted by Crippen LogP contribution is 2.13. The van der Waals surface area contributed by atoms with Crippen LogP contribution in [0.2, 0.25) is 0 Å². The van der Waals surface area contributed by atoms with Gasteiger partial charge < -0.3 is 15.2 Å². The zero-order chi connectivity index (χ0) is 12.7. The summed E-state index contributed by atoms with van der Waals surface area (Å²) in [6, 6.07) is 0. The van der Waals surface area contributed by atoms with Crippen LogP contribution in [0.25, 0.3) is 0 Å². The molecule has 0 aromatic rings. The number of piperidine rings is 1. The standard InChI is InChI=1S/C11H20N2O4/c1-12-10(14)8-13-5-2-9(3-6-13)17-7-4-11(15)16/h9H,2-8H2,1H3,(H,12,14)(H,15,16). The minimum atomic E-state index is -0.831. The molecule has 0 unspecified atom stereocenters. The summed E-state index contributed by atoms with van der Waals surface area (Å²) in [5.74, 6) is -0.808. The third kappa shape index (κ3) is 5.65. The van der Waals surface area contributed by atoms with Crippen LogP contribution in [0.4, 0.5) is 0 Å². The lowest BCUT2D eigenvalue weighted by Gasteiger charge is -2.31. The Bertz CT molecular complexity index is 262. The van der Waals surface area contributed by atoms with Crippen LogP contribution in [0.15, 0.2) is 0 Å². The molecule has 0 spiro atoms. The molecule has 6 nitrogen and oxygen atoms in total. The van der Waals surface area contributed by atoms with Crippen LogP contribution in [0.1, 0.15) is 19.3 Å². The van der Waals surface area contributed by atoms with Gasteiger partial charge in [0.15, 0.2) is 0 Å². The molecule has 1 heterocycles. The lowest BCUT2D eigenvalue weighted by Crippen LogP contribution is -2.42. The van der Waals surface area contributed by atoms with Crippen molar-refractivity contribution in [2.24, 2.45) is 0 Å². The van der Waals surface area contributed by atoms with Gasteiger partial charge in [0.05, 0.1) is 25.7 Å². The minimum absolute atomic E-state index is 0.0234. The fraction of sp³-hybridized carbons (Fsp3) is 0.818. The molecule has 0 aliphatic carbocycles. The first-order chi connectivity index (χ1) is 8.11. The number of aliphatic carboxylic acids is 1. The van der Waals surface area contributed by atoms with Crippen molar-refractivity contribution < 1.29 is 19.4 Å². The molecule has 0 bridgehead atoms. The van der Waals surface area contributed by atoms with Gasteiger partial charge in [0.1, 0.15) is 0 Å². The maximum Gasteiger partial charge on any atom is 0.305 e. The van der Waals surface area contributed by atoms with E-state index in [1.54, 1.807) is 7.05 Å². The molecular weight excluding hydrogens is 224 g/mol. The number of hydrogen-bond acceptors (Lipinski definition) is 4. The predicted molar refractivity (Wildman–Crippen MR) is 61.7 cm³/mol. The Morgan fingerprint density at radius 3 is 2.59 bits per heavy atom. The number of hydrogen-bond donors (Lipinski definition) is 2. The van der Waals surface area contributed by atoms with Gasteiger partial charge in [-0.25, -0.2) is 0 Å². The van der Waals surface area contributed by atoms with Gasteiger partial charge in [-0.3, -0.25) is 14.5 Å². The number of rotatable bonds is 6. The molecule has 0 aromatic heterocycles. The van der Waals surface area contributed by atoms with E-state index in [1.807, 2.05) is 0 Å². The second kappa shape index (κ2) is 7.24. The average Bonchev–Trinajstić information content (AvgIpc) is 2.31. The molecule has 0 saturated carbocycles. The monoisotopic (exact) mass is 244 g/mol. The summed E-state index contributed by atoms with van der Waals surface area (Å²) in [6.07, 6.45) is 1.90. The Hall–Kier alpha value is -1.14. The van der Waals surface area contributed by atoms with E-state index in [2.05, 4.69) is 10.2 Å². The third-order valence-electron chi connectivity index (χ3n) is 2.85. The highest BCUT2D eigenvalue weighted by molar-refractivity contribution is 5.77. The molecule has 0 atom stereocenters. The van der Waals surface area contributed by atoms with Gasteiger partial charge in [-0.05, 0) is 12.8 Å². The maximum absolute atomic E-state index is 11.2. The summed E-state index contributed by atoms with van der Waals surface area (Å²) in [7, 11) is 1.63. The number of carbonyl (C=O) groups excluding carboxylic acids is 1. The van der Waals surface area contributed by atoms with E-state index in [0.717, 1.165) is 25.9 Å². The third-order valence-corrected chi connectivity index (χ3v) is 2.85. The maximum atomic E-state index is 11.2. The lowest BCUT2D eigenvalue weighted by molar-refractivity contribution is -0.139. The van der Waals surface area contributed by atoms with Crippen molar-refractivity contribution in [2.45, 2.75) is 25.4 Å². The Kier molecular flexibility index (Phi) is 5.93. The van der Waals surface area contributed by atoms with Crippen LogP contribution in [0.3, 0.4) is 0 Å². The highest BCUT2D eigenvalue weighted by atomic mass is 16.5. The molecule has 1 rings (SSSR count). The van der Waals surface area contributed by atoms with Crippen molar-refractivity contribution in [1.82, 2.24) is 10.2 Å². The molecule has 2 N–H and O–H groups in total. The largest absolute Gasteiger partial charge is 0.481 e. The topological polar surface area (TPSA) is 78.9 Å². The Morgan fingerprint density at radius 1 is 1.41 bits per heavy atom. The number of likely N-dealkylation sites (N-methyl/N-ethyl adjacent to an activating group) is 1. The first-order valence-corrected chi connectivity index (χ1v) is 5.88.